The largest absolute Gasteiger partial charge is 0.459 e. The molecule has 0 spiro atoms. The molecule has 0 radical (unpaired) electrons. The summed E-state index contributed by atoms with van der Waals surface area (Å²) >= 11 is 4.91. The van der Waals surface area contributed by atoms with Gasteiger partial charge in [0.1, 0.15) is 5.82 Å². The highest BCUT2D eigenvalue weighted by Gasteiger charge is 2.10. The van der Waals surface area contributed by atoms with Crippen LogP contribution >= 0.6 is 12.2 Å². The number of rotatable bonds is 4. The summed E-state index contributed by atoms with van der Waals surface area (Å²) in [6.07, 6.45) is 1.35. The molecule has 2 amide bonds. The lowest BCUT2D eigenvalue weighted by atomic mass is 10.3. The number of halogens is 1. The number of hydrogen-bond donors (Lipinski definition) is 4. The lowest BCUT2D eigenvalue weighted by Gasteiger charge is -2.12. The molecule has 2 aromatic rings. The van der Waals surface area contributed by atoms with Crippen molar-refractivity contribution in [3.8, 4) is 0 Å². The number of furan rings is 1. The summed E-state index contributed by atoms with van der Waals surface area (Å²) in [6.45, 7) is -0.283. The van der Waals surface area contributed by atoms with Gasteiger partial charge in [-0.2, -0.15) is 0 Å². The van der Waals surface area contributed by atoms with Gasteiger partial charge < -0.3 is 15.1 Å². The van der Waals surface area contributed by atoms with Gasteiger partial charge in [0.2, 0.25) is 0 Å². The molecule has 0 atom stereocenters. The van der Waals surface area contributed by atoms with Crippen molar-refractivity contribution in [2.45, 2.75) is 0 Å². The van der Waals surface area contributed by atoms with Crippen molar-refractivity contribution in [1.82, 2.24) is 16.2 Å². The molecule has 7 nitrogen and oxygen atoms in total. The van der Waals surface area contributed by atoms with Gasteiger partial charge in [-0.25, -0.2) is 4.39 Å². The van der Waals surface area contributed by atoms with Crippen LogP contribution in [0.3, 0.4) is 0 Å². The van der Waals surface area contributed by atoms with Gasteiger partial charge in [-0.15, -0.1) is 0 Å². The van der Waals surface area contributed by atoms with E-state index in [4.69, 9.17) is 16.6 Å². The molecule has 1 aromatic carbocycles. The highest BCUT2D eigenvalue weighted by Crippen LogP contribution is 2.11. The maximum Gasteiger partial charge on any atom is 0.287 e. The van der Waals surface area contributed by atoms with Crippen molar-refractivity contribution in [3.05, 3.63) is 54.2 Å². The number of benzene rings is 1. The van der Waals surface area contributed by atoms with E-state index < -0.39 is 17.6 Å². The minimum absolute atomic E-state index is 0.000751. The molecule has 4 N–H and O–H groups in total. The Morgan fingerprint density at radius 1 is 1.13 bits per heavy atom. The highest BCUT2D eigenvalue weighted by molar-refractivity contribution is 7.80. The number of hydrogen-bond acceptors (Lipinski definition) is 4. The molecule has 0 unspecified atom stereocenters. The summed E-state index contributed by atoms with van der Waals surface area (Å²) in [6, 6.07) is 8.97. The first kappa shape index (κ1) is 16.4. The van der Waals surface area contributed by atoms with Crippen LogP contribution in [0.1, 0.15) is 10.6 Å². The van der Waals surface area contributed by atoms with Gasteiger partial charge in [-0.1, -0.05) is 12.1 Å². The number of nitrogens with one attached hydrogen (secondary N) is 4. The van der Waals surface area contributed by atoms with E-state index in [1.807, 2.05) is 0 Å². The predicted molar refractivity (Wildman–Crippen MR) is 84.9 cm³/mol. The standard InChI is InChI=1S/C14H13FN4O3S/c15-9-4-1-2-5-10(9)17-14(23)19-18-12(20)8-16-13(21)11-6-3-7-22-11/h1-7H,8H2,(H,16,21)(H,18,20)(H2,17,19,23). The summed E-state index contributed by atoms with van der Waals surface area (Å²) in [5, 5.41) is 4.94. The molecule has 9 heteroatoms. The Morgan fingerprint density at radius 3 is 2.61 bits per heavy atom. The van der Waals surface area contributed by atoms with Gasteiger partial charge in [0.25, 0.3) is 11.8 Å². The summed E-state index contributed by atoms with van der Waals surface area (Å²) in [7, 11) is 0. The average Bonchev–Trinajstić information content (AvgIpc) is 3.07. The summed E-state index contributed by atoms with van der Waals surface area (Å²) in [5.41, 5.74) is 4.83. The average molecular weight is 336 g/mol. The molecular formula is C14H13FN4O3S. The third-order valence-corrected chi connectivity index (χ3v) is 2.80. The molecule has 0 aliphatic rings. The van der Waals surface area contributed by atoms with Crippen LogP contribution in [0.5, 0.6) is 0 Å². The minimum Gasteiger partial charge on any atom is -0.459 e. The Bertz CT molecular complexity index is 706. The molecule has 0 saturated heterocycles. The van der Waals surface area contributed by atoms with E-state index in [1.54, 1.807) is 18.2 Å². The fourth-order valence-electron chi connectivity index (χ4n) is 1.54. The Labute approximate surface area is 136 Å². The molecule has 2 rings (SSSR count). The highest BCUT2D eigenvalue weighted by atomic mass is 32.1. The molecular weight excluding hydrogens is 323 g/mol. The van der Waals surface area contributed by atoms with Crippen LogP contribution in [-0.4, -0.2) is 23.5 Å². The van der Waals surface area contributed by atoms with Crippen molar-refractivity contribution in [3.63, 3.8) is 0 Å². The third kappa shape index (κ3) is 5.08. The fourth-order valence-corrected chi connectivity index (χ4v) is 1.70. The second-order valence-electron chi connectivity index (χ2n) is 4.27. The Morgan fingerprint density at radius 2 is 1.91 bits per heavy atom. The molecule has 0 fully saturated rings. The van der Waals surface area contributed by atoms with Crippen LogP contribution in [0.2, 0.25) is 0 Å². The zero-order valence-electron chi connectivity index (χ0n) is 11.8. The van der Waals surface area contributed by atoms with Gasteiger partial charge >= 0.3 is 0 Å². The molecule has 120 valence electrons. The molecule has 23 heavy (non-hydrogen) atoms. The fraction of sp³-hybridized carbons (Fsp3) is 0.0714. The predicted octanol–water partition coefficient (Wildman–Crippen LogP) is 1.17. The molecule has 1 heterocycles. The van der Waals surface area contributed by atoms with Crippen molar-refractivity contribution in [1.29, 1.82) is 0 Å². The maximum absolute atomic E-state index is 13.4. The summed E-state index contributed by atoms with van der Waals surface area (Å²) in [4.78, 5) is 23.1. The van der Waals surface area contributed by atoms with E-state index in [9.17, 15) is 14.0 Å². The minimum atomic E-state index is -0.539. The van der Waals surface area contributed by atoms with Crippen LogP contribution in [0.15, 0.2) is 47.1 Å². The number of para-hydroxylation sites is 1. The van der Waals surface area contributed by atoms with E-state index in [1.165, 1.54) is 24.5 Å². The quantitative estimate of drug-likeness (QED) is 0.494. The lowest BCUT2D eigenvalue weighted by molar-refractivity contribution is -0.120. The lowest BCUT2D eigenvalue weighted by Crippen LogP contribution is -2.47. The topological polar surface area (TPSA) is 95.4 Å². The molecule has 0 saturated carbocycles. The molecule has 0 aliphatic carbocycles. The van der Waals surface area contributed by atoms with Crippen LogP contribution in [-0.2, 0) is 4.79 Å². The van der Waals surface area contributed by atoms with Crippen LogP contribution in [0.4, 0.5) is 10.1 Å². The van der Waals surface area contributed by atoms with E-state index in [0.29, 0.717) is 0 Å². The zero-order chi connectivity index (χ0) is 16.7. The molecule has 0 aliphatic heterocycles. The summed E-state index contributed by atoms with van der Waals surface area (Å²) in [5.74, 6) is -1.43. The van der Waals surface area contributed by atoms with Crippen LogP contribution in [0, 0.1) is 5.82 Å². The monoisotopic (exact) mass is 336 g/mol. The maximum atomic E-state index is 13.4. The van der Waals surface area contributed by atoms with Gasteiger partial charge in [-0.3, -0.25) is 20.4 Å². The normalized spacial score (nSPS) is 9.78. The van der Waals surface area contributed by atoms with Crippen LogP contribution in [0.25, 0.3) is 0 Å². The van der Waals surface area contributed by atoms with Crippen molar-refractivity contribution < 1.29 is 18.4 Å². The first-order valence-electron chi connectivity index (χ1n) is 6.48. The smallest absolute Gasteiger partial charge is 0.287 e. The van der Waals surface area contributed by atoms with Gasteiger partial charge in [0.15, 0.2) is 10.9 Å². The van der Waals surface area contributed by atoms with E-state index >= 15 is 0 Å². The Kier molecular flexibility index (Phi) is 5.64. The number of thiocarbonyl (C=S) groups is 1. The van der Waals surface area contributed by atoms with Gasteiger partial charge in [0, 0.05) is 0 Å². The van der Waals surface area contributed by atoms with Crippen molar-refractivity contribution >= 4 is 34.8 Å². The number of anilines is 1. The van der Waals surface area contributed by atoms with E-state index in [2.05, 4.69) is 21.5 Å². The number of amides is 2. The SMILES string of the molecule is O=C(CNC(=O)c1ccco1)NNC(=S)Nc1ccccc1F. The van der Waals surface area contributed by atoms with E-state index in [-0.39, 0.29) is 23.1 Å². The molecule has 0 bridgehead atoms. The van der Waals surface area contributed by atoms with Crippen LogP contribution < -0.4 is 21.5 Å². The number of carbonyl (C=O) groups is 2. The first-order valence-corrected chi connectivity index (χ1v) is 6.89. The second kappa shape index (κ2) is 7.90. The van der Waals surface area contributed by atoms with E-state index in [0.717, 1.165) is 0 Å². The van der Waals surface area contributed by atoms with Gasteiger partial charge in [-0.05, 0) is 36.5 Å². The number of carbonyl (C=O) groups excluding carboxylic acids is 2. The Balaban J connectivity index is 1.71. The van der Waals surface area contributed by atoms with Crippen molar-refractivity contribution in [2.75, 3.05) is 11.9 Å². The van der Waals surface area contributed by atoms with Crippen molar-refractivity contribution in [2.24, 2.45) is 0 Å². The zero-order valence-corrected chi connectivity index (χ0v) is 12.6. The Hall–Kier alpha value is -2.94. The number of hydrazine groups is 1. The second-order valence-corrected chi connectivity index (χ2v) is 4.68. The van der Waals surface area contributed by atoms with Gasteiger partial charge in [0.05, 0.1) is 18.5 Å². The third-order valence-electron chi connectivity index (χ3n) is 2.59. The first-order chi connectivity index (χ1) is 11.1. The molecule has 1 aromatic heterocycles. The summed E-state index contributed by atoms with van der Waals surface area (Å²) < 4.78 is 18.3.